The second-order valence-electron chi connectivity index (χ2n) is 5.86. The van der Waals surface area contributed by atoms with Gasteiger partial charge < -0.3 is 20.7 Å². The summed E-state index contributed by atoms with van der Waals surface area (Å²) in [7, 11) is 0. The molecule has 0 unspecified atom stereocenters. The number of hydrogen-bond donors (Lipinski definition) is 2. The maximum Gasteiger partial charge on any atom is 0.243 e. The molecule has 0 atom stereocenters. The molecule has 0 aromatic heterocycles. The van der Waals surface area contributed by atoms with E-state index in [1.807, 2.05) is 49.1 Å². The molecule has 0 aliphatic carbocycles. The Bertz CT molecular complexity index is 743. The number of benzene rings is 2. The standard InChI is InChI=1S/C18H21N3O2/c1-12-3-4-13(2)15(9-12)20-18(22)11-21-7-8-23-17-10-14(19)5-6-16(17)21/h3-6,9-10H,7-8,11,19H2,1-2H3,(H,20,22). The topological polar surface area (TPSA) is 67.6 Å². The number of hydrogen-bond acceptors (Lipinski definition) is 4. The minimum absolute atomic E-state index is 0.0385. The number of aryl methyl sites for hydroxylation is 2. The van der Waals surface area contributed by atoms with Gasteiger partial charge in [-0.25, -0.2) is 0 Å². The highest BCUT2D eigenvalue weighted by atomic mass is 16.5. The molecule has 1 heterocycles. The van der Waals surface area contributed by atoms with Gasteiger partial charge in [-0.2, -0.15) is 0 Å². The Balaban J connectivity index is 1.73. The van der Waals surface area contributed by atoms with Gasteiger partial charge in [0.15, 0.2) is 0 Å². The molecular weight excluding hydrogens is 290 g/mol. The van der Waals surface area contributed by atoms with Crippen molar-refractivity contribution in [1.82, 2.24) is 0 Å². The maximum atomic E-state index is 12.4. The van der Waals surface area contributed by atoms with Crippen LogP contribution in [-0.4, -0.2) is 25.6 Å². The molecule has 1 aliphatic rings. The van der Waals surface area contributed by atoms with E-state index in [0.29, 0.717) is 18.8 Å². The third kappa shape index (κ3) is 3.39. The second kappa shape index (κ2) is 6.20. The van der Waals surface area contributed by atoms with Crippen molar-refractivity contribution in [2.75, 3.05) is 35.6 Å². The summed E-state index contributed by atoms with van der Waals surface area (Å²) in [6.45, 7) is 5.51. The second-order valence-corrected chi connectivity index (χ2v) is 5.86. The van der Waals surface area contributed by atoms with Crippen molar-refractivity contribution in [1.29, 1.82) is 0 Å². The van der Waals surface area contributed by atoms with Crippen molar-refractivity contribution in [3.05, 3.63) is 47.5 Å². The zero-order chi connectivity index (χ0) is 16.4. The quantitative estimate of drug-likeness (QED) is 0.855. The number of amides is 1. The molecule has 23 heavy (non-hydrogen) atoms. The number of fused-ring (bicyclic) bond motifs is 1. The number of carbonyl (C=O) groups is 1. The van der Waals surface area contributed by atoms with Gasteiger partial charge in [-0.1, -0.05) is 12.1 Å². The summed E-state index contributed by atoms with van der Waals surface area (Å²) in [4.78, 5) is 14.4. The molecule has 0 radical (unpaired) electrons. The van der Waals surface area contributed by atoms with E-state index in [0.717, 1.165) is 28.3 Å². The number of nitrogens with zero attached hydrogens (tertiary/aromatic N) is 1. The van der Waals surface area contributed by atoms with E-state index >= 15 is 0 Å². The van der Waals surface area contributed by atoms with Crippen LogP contribution < -0.4 is 20.7 Å². The van der Waals surface area contributed by atoms with E-state index in [-0.39, 0.29) is 12.5 Å². The minimum atomic E-state index is -0.0385. The molecule has 1 aliphatic heterocycles. The molecule has 0 bridgehead atoms. The molecule has 120 valence electrons. The van der Waals surface area contributed by atoms with Gasteiger partial charge in [0, 0.05) is 17.4 Å². The Morgan fingerprint density at radius 2 is 2.09 bits per heavy atom. The Kier molecular flexibility index (Phi) is 4.10. The largest absolute Gasteiger partial charge is 0.489 e. The average molecular weight is 311 g/mol. The fraction of sp³-hybridized carbons (Fsp3) is 0.278. The molecule has 0 spiro atoms. The Morgan fingerprint density at radius 3 is 2.91 bits per heavy atom. The lowest BCUT2D eigenvalue weighted by Crippen LogP contribution is -2.38. The summed E-state index contributed by atoms with van der Waals surface area (Å²) < 4.78 is 5.62. The molecule has 0 saturated heterocycles. The molecule has 3 N–H and O–H groups in total. The zero-order valence-corrected chi connectivity index (χ0v) is 13.4. The zero-order valence-electron chi connectivity index (χ0n) is 13.4. The van der Waals surface area contributed by atoms with Crippen LogP contribution in [0.5, 0.6) is 5.75 Å². The van der Waals surface area contributed by atoms with E-state index in [2.05, 4.69) is 5.32 Å². The first-order valence-electron chi connectivity index (χ1n) is 7.67. The Labute approximate surface area is 136 Å². The fourth-order valence-electron chi connectivity index (χ4n) is 2.69. The Morgan fingerprint density at radius 1 is 1.26 bits per heavy atom. The van der Waals surface area contributed by atoms with Crippen LogP contribution in [0.1, 0.15) is 11.1 Å². The van der Waals surface area contributed by atoms with Crippen molar-refractivity contribution in [2.45, 2.75) is 13.8 Å². The van der Waals surface area contributed by atoms with Gasteiger partial charge in [-0.05, 0) is 43.2 Å². The van der Waals surface area contributed by atoms with E-state index < -0.39 is 0 Å². The van der Waals surface area contributed by atoms with Gasteiger partial charge >= 0.3 is 0 Å². The number of ether oxygens (including phenoxy) is 1. The third-order valence-corrected chi connectivity index (χ3v) is 3.94. The van der Waals surface area contributed by atoms with Crippen molar-refractivity contribution in [3.8, 4) is 5.75 Å². The smallest absolute Gasteiger partial charge is 0.243 e. The first-order chi connectivity index (χ1) is 11.0. The molecule has 2 aromatic rings. The SMILES string of the molecule is Cc1ccc(C)c(NC(=O)CN2CCOc3cc(N)ccc32)c1. The molecule has 0 fully saturated rings. The first-order valence-corrected chi connectivity index (χ1v) is 7.67. The lowest BCUT2D eigenvalue weighted by Gasteiger charge is -2.30. The predicted molar refractivity (Wildman–Crippen MR) is 93.1 cm³/mol. The molecular formula is C18H21N3O2. The number of carbonyl (C=O) groups excluding carboxylic acids is 1. The highest BCUT2D eigenvalue weighted by Gasteiger charge is 2.20. The summed E-state index contributed by atoms with van der Waals surface area (Å²) in [5.41, 5.74) is 10.4. The van der Waals surface area contributed by atoms with Crippen LogP contribution in [0, 0.1) is 13.8 Å². The van der Waals surface area contributed by atoms with Crippen LogP contribution in [0.3, 0.4) is 0 Å². The van der Waals surface area contributed by atoms with Gasteiger partial charge in [0.05, 0.1) is 18.8 Å². The average Bonchev–Trinajstić information content (AvgIpc) is 2.51. The van der Waals surface area contributed by atoms with Gasteiger partial charge in [-0.15, -0.1) is 0 Å². The summed E-state index contributed by atoms with van der Waals surface area (Å²) in [5, 5.41) is 2.99. The van der Waals surface area contributed by atoms with Crippen LogP contribution in [0.15, 0.2) is 36.4 Å². The molecule has 3 rings (SSSR count). The number of rotatable bonds is 3. The van der Waals surface area contributed by atoms with Crippen LogP contribution in [-0.2, 0) is 4.79 Å². The minimum Gasteiger partial charge on any atom is -0.489 e. The monoisotopic (exact) mass is 311 g/mol. The van der Waals surface area contributed by atoms with Gasteiger partial charge in [-0.3, -0.25) is 4.79 Å². The number of anilines is 3. The lowest BCUT2D eigenvalue weighted by atomic mass is 10.1. The summed E-state index contributed by atoms with van der Waals surface area (Å²) in [6.07, 6.45) is 0. The molecule has 2 aromatic carbocycles. The van der Waals surface area contributed by atoms with Crippen LogP contribution in [0.25, 0.3) is 0 Å². The highest BCUT2D eigenvalue weighted by molar-refractivity contribution is 5.95. The van der Waals surface area contributed by atoms with Crippen LogP contribution >= 0.6 is 0 Å². The predicted octanol–water partition coefficient (Wildman–Crippen LogP) is 2.72. The van der Waals surface area contributed by atoms with Crippen molar-refractivity contribution in [2.24, 2.45) is 0 Å². The molecule has 5 heteroatoms. The summed E-state index contributed by atoms with van der Waals surface area (Å²) >= 11 is 0. The summed E-state index contributed by atoms with van der Waals surface area (Å²) in [6, 6.07) is 11.6. The van der Waals surface area contributed by atoms with E-state index in [1.165, 1.54) is 0 Å². The first kappa shape index (κ1) is 15.2. The summed E-state index contributed by atoms with van der Waals surface area (Å²) in [5.74, 6) is 0.694. The molecule has 0 saturated carbocycles. The van der Waals surface area contributed by atoms with Crippen LogP contribution in [0.2, 0.25) is 0 Å². The normalized spacial score (nSPS) is 13.2. The van der Waals surface area contributed by atoms with E-state index in [1.54, 1.807) is 6.07 Å². The maximum absolute atomic E-state index is 12.4. The Hall–Kier alpha value is -2.69. The van der Waals surface area contributed by atoms with E-state index in [4.69, 9.17) is 10.5 Å². The lowest BCUT2D eigenvalue weighted by molar-refractivity contribution is -0.115. The fourth-order valence-corrected chi connectivity index (χ4v) is 2.69. The van der Waals surface area contributed by atoms with E-state index in [9.17, 15) is 4.79 Å². The molecule has 5 nitrogen and oxygen atoms in total. The van der Waals surface area contributed by atoms with Gasteiger partial charge in [0.2, 0.25) is 5.91 Å². The van der Waals surface area contributed by atoms with Gasteiger partial charge in [0.25, 0.3) is 0 Å². The molecule has 1 amide bonds. The number of nitrogens with two attached hydrogens (primary N) is 1. The number of nitrogen functional groups attached to an aromatic ring is 1. The van der Waals surface area contributed by atoms with Crippen molar-refractivity contribution >= 4 is 23.0 Å². The highest BCUT2D eigenvalue weighted by Crippen LogP contribution is 2.33. The van der Waals surface area contributed by atoms with Crippen LogP contribution in [0.4, 0.5) is 17.1 Å². The third-order valence-electron chi connectivity index (χ3n) is 3.94. The van der Waals surface area contributed by atoms with Gasteiger partial charge in [0.1, 0.15) is 12.4 Å². The van der Waals surface area contributed by atoms with Crippen molar-refractivity contribution in [3.63, 3.8) is 0 Å². The van der Waals surface area contributed by atoms with Crippen molar-refractivity contribution < 1.29 is 9.53 Å². The number of nitrogens with one attached hydrogen (secondary N) is 1.